The Hall–Kier alpha value is -0.870. The van der Waals surface area contributed by atoms with Crippen LogP contribution in [0.4, 0.5) is 5.69 Å². The molecule has 0 fully saturated rings. The second-order valence-corrected chi connectivity index (χ2v) is 4.06. The molecule has 0 aliphatic rings. The summed E-state index contributed by atoms with van der Waals surface area (Å²) in [6, 6.07) is 7.56. The number of carbonyl (C=O) groups is 1. The summed E-state index contributed by atoms with van der Waals surface area (Å²) in [5, 5.41) is 5.87. The fraction of sp³-hybridized carbons (Fsp3) is 0.364. The Labute approximate surface area is 98.4 Å². The number of hydrogen-bond donors (Lipinski definition) is 2. The molecule has 0 saturated carbocycles. The smallest absolute Gasteiger partial charge is 0.238 e. The van der Waals surface area contributed by atoms with E-state index in [4.69, 9.17) is 0 Å². The molecule has 3 nitrogen and oxygen atoms in total. The van der Waals surface area contributed by atoms with Crippen LogP contribution >= 0.6 is 15.9 Å². The van der Waals surface area contributed by atoms with Gasteiger partial charge in [-0.2, -0.15) is 0 Å². The average Bonchev–Trinajstić information content (AvgIpc) is 2.22. The van der Waals surface area contributed by atoms with Crippen LogP contribution in [0.25, 0.3) is 0 Å². The molecule has 1 amide bonds. The van der Waals surface area contributed by atoms with E-state index in [1.54, 1.807) is 0 Å². The third kappa shape index (κ3) is 4.44. The van der Waals surface area contributed by atoms with Crippen molar-refractivity contribution in [2.75, 3.05) is 18.4 Å². The zero-order valence-electron chi connectivity index (χ0n) is 8.72. The van der Waals surface area contributed by atoms with E-state index in [1.807, 2.05) is 24.3 Å². The zero-order valence-corrected chi connectivity index (χ0v) is 10.3. The van der Waals surface area contributed by atoms with Gasteiger partial charge in [-0.25, -0.2) is 0 Å². The van der Waals surface area contributed by atoms with E-state index in [-0.39, 0.29) is 5.91 Å². The normalized spacial score (nSPS) is 10.0. The van der Waals surface area contributed by atoms with Crippen molar-refractivity contribution in [1.29, 1.82) is 0 Å². The maximum Gasteiger partial charge on any atom is 0.238 e. The minimum atomic E-state index is -0.0182. The first-order chi connectivity index (χ1) is 7.24. The van der Waals surface area contributed by atoms with Crippen LogP contribution in [0.15, 0.2) is 28.7 Å². The Morgan fingerprint density at radius 2 is 2.13 bits per heavy atom. The second kappa shape index (κ2) is 6.58. The number of rotatable bonds is 5. The summed E-state index contributed by atoms with van der Waals surface area (Å²) in [5.74, 6) is -0.0182. The molecule has 1 aromatic carbocycles. The van der Waals surface area contributed by atoms with Crippen molar-refractivity contribution in [3.8, 4) is 0 Å². The zero-order chi connectivity index (χ0) is 11.1. The second-order valence-electron chi connectivity index (χ2n) is 3.20. The summed E-state index contributed by atoms with van der Waals surface area (Å²) in [7, 11) is 0. The van der Waals surface area contributed by atoms with Gasteiger partial charge < -0.3 is 10.6 Å². The molecule has 1 aromatic rings. The molecular weight excluding hydrogens is 256 g/mol. The quantitative estimate of drug-likeness (QED) is 0.807. The van der Waals surface area contributed by atoms with Crippen LogP contribution in [-0.2, 0) is 4.79 Å². The van der Waals surface area contributed by atoms with Crippen LogP contribution in [-0.4, -0.2) is 19.0 Å². The topological polar surface area (TPSA) is 41.1 Å². The fourth-order valence-corrected chi connectivity index (χ4v) is 1.52. The Kier molecular flexibility index (Phi) is 5.36. The third-order valence-electron chi connectivity index (χ3n) is 1.86. The van der Waals surface area contributed by atoms with Gasteiger partial charge in [0, 0.05) is 4.47 Å². The number of halogens is 1. The highest BCUT2D eigenvalue weighted by Gasteiger charge is 2.03. The van der Waals surface area contributed by atoms with Gasteiger partial charge in [-0.1, -0.05) is 19.1 Å². The Morgan fingerprint density at radius 3 is 2.80 bits per heavy atom. The summed E-state index contributed by atoms with van der Waals surface area (Å²) in [4.78, 5) is 11.4. The molecule has 0 heterocycles. The standard InChI is InChI=1S/C11H15BrN2O/c1-2-7-13-8-11(15)14-10-6-4-3-5-9(10)12/h3-6,13H,2,7-8H2,1H3,(H,14,15). The highest BCUT2D eigenvalue weighted by Crippen LogP contribution is 2.20. The van der Waals surface area contributed by atoms with Crippen molar-refractivity contribution >= 4 is 27.5 Å². The van der Waals surface area contributed by atoms with Gasteiger partial charge in [0.25, 0.3) is 0 Å². The van der Waals surface area contributed by atoms with Crippen LogP contribution in [0.1, 0.15) is 13.3 Å². The number of hydrogen-bond acceptors (Lipinski definition) is 2. The van der Waals surface area contributed by atoms with Gasteiger partial charge in [-0.15, -0.1) is 0 Å². The molecule has 4 heteroatoms. The molecule has 0 radical (unpaired) electrons. The average molecular weight is 271 g/mol. The van der Waals surface area contributed by atoms with Crippen LogP contribution in [0.2, 0.25) is 0 Å². The Balaban J connectivity index is 2.41. The lowest BCUT2D eigenvalue weighted by atomic mass is 10.3. The molecule has 1 rings (SSSR count). The van der Waals surface area contributed by atoms with Crippen molar-refractivity contribution < 1.29 is 4.79 Å². The van der Waals surface area contributed by atoms with E-state index in [0.29, 0.717) is 6.54 Å². The van der Waals surface area contributed by atoms with Gasteiger partial charge in [0.15, 0.2) is 0 Å². The summed E-state index contributed by atoms with van der Waals surface area (Å²) >= 11 is 3.37. The summed E-state index contributed by atoms with van der Waals surface area (Å²) in [6.07, 6.45) is 1.03. The van der Waals surface area contributed by atoms with Gasteiger partial charge in [0.1, 0.15) is 0 Å². The minimum absolute atomic E-state index is 0.0182. The molecule has 82 valence electrons. The molecule has 0 aromatic heterocycles. The van der Waals surface area contributed by atoms with E-state index in [1.165, 1.54) is 0 Å². The maximum absolute atomic E-state index is 11.4. The third-order valence-corrected chi connectivity index (χ3v) is 2.55. The number of benzene rings is 1. The molecule has 2 N–H and O–H groups in total. The number of nitrogens with one attached hydrogen (secondary N) is 2. The summed E-state index contributed by atoms with van der Waals surface area (Å²) in [6.45, 7) is 3.29. The molecule has 0 bridgehead atoms. The van der Waals surface area contributed by atoms with E-state index >= 15 is 0 Å². The van der Waals surface area contributed by atoms with Gasteiger partial charge in [-0.05, 0) is 41.0 Å². The number of para-hydroxylation sites is 1. The first-order valence-electron chi connectivity index (χ1n) is 4.99. The first-order valence-corrected chi connectivity index (χ1v) is 5.78. The Bertz CT molecular complexity index is 328. The predicted molar refractivity (Wildman–Crippen MR) is 65.9 cm³/mol. The SMILES string of the molecule is CCCNCC(=O)Nc1ccccc1Br. The number of carbonyl (C=O) groups excluding carboxylic acids is 1. The molecule has 0 unspecified atom stereocenters. The van der Waals surface area contributed by atoms with Gasteiger partial charge in [0.05, 0.1) is 12.2 Å². The van der Waals surface area contributed by atoms with E-state index in [2.05, 4.69) is 33.5 Å². The molecule has 0 saturated heterocycles. The maximum atomic E-state index is 11.4. The van der Waals surface area contributed by atoms with Crippen molar-refractivity contribution in [1.82, 2.24) is 5.32 Å². The molecule has 0 atom stereocenters. The van der Waals surface area contributed by atoms with Crippen molar-refractivity contribution in [2.45, 2.75) is 13.3 Å². The fourth-order valence-electron chi connectivity index (χ4n) is 1.14. The number of anilines is 1. The summed E-state index contributed by atoms with van der Waals surface area (Å²) < 4.78 is 0.897. The largest absolute Gasteiger partial charge is 0.324 e. The van der Waals surface area contributed by atoms with Gasteiger partial charge >= 0.3 is 0 Å². The monoisotopic (exact) mass is 270 g/mol. The highest BCUT2D eigenvalue weighted by molar-refractivity contribution is 9.10. The van der Waals surface area contributed by atoms with E-state index in [9.17, 15) is 4.79 Å². The predicted octanol–water partition coefficient (Wildman–Crippen LogP) is 2.39. The van der Waals surface area contributed by atoms with Crippen LogP contribution in [0.5, 0.6) is 0 Å². The van der Waals surface area contributed by atoms with Gasteiger partial charge in [-0.3, -0.25) is 4.79 Å². The lowest BCUT2D eigenvalue weighted by Gasteiger charge is -2.07. The molecule has 0 aliphatic heterocycles. The lowest BCUT2D eigenvalue weighted by molar-refractivity contribution is -0.115. The van der Waals surface area contributed by atoms with E-state index < -0.39 is 0 Å². The van der Waals surface area contributed by atoms with Crippen LogP contribution in [0, 0.1) is 0 Å². The van der Waals surface area contributed by atoms with Gasteiger partial charge in [0.2, 0.25) is 5.91 Å². The van der Waals surface area contributed by atoms with E-state index in [0.717, 1.165) is 23.1 Å². The minimum Gasteiger partial charge on any atom is -0.324 e. The number of amides is 1. The van der Waals surface area contributed by atoms with Crippen molar-refractivity contribution in [3.63, 3.8) is 0 Å². The molecule has 0 spiro atoms. The van der Waals surface area contributed by atoms with Crippen LogP contribution < -0.4 is 10.6 Å². The lowest BCUT2D eigenvalue weighted by Crippen LogP contribution is -2.28. The Morgan fingerprint density at radius 1 is 1.40 bits per heavy atom. The van der Waals surface area contributed by atoms with Crippen molar-refractivity contribution in [3.05, 3.63) is 28.7 Å². The molecular formula is C11H15BrN2O. The van der Waals surface area contributed by atoms with Crippen LogP contribution in [0.3, 0.4) is 0 Å². The summed E-state index contributed by atoms with van der Waals surface area (Å²) in [5.41, 5.74) is 0.806. The first kappa shape index (κ1) is 12.2. The highest BCUT2D eigenvalue weighted by atomic mass is 79.9. The van der Waals surface area contributed by atoms with Crippen molar-refractivity contribution in [2.24, 2.45) is 0 Å². The molecule has 0 aliphatic carbocycles. The molecule has 15 heavy (non-hydrogen) atoms.